The molecule has 0 radical (unpaired) electrons. The van der Waals surface area contributed by atoms with Gasteiger partial charge in [0.05, 0.1) is 6.61 Å². The first kappa shape index (κ1) is 47.4. The van der Waals surface area contributed by atoms with E-state index >= 15 is 0 Å². The molecule has 0 aromatic rings. The van der Waals surface area contributed by atoms with Crippen molar-refractivity contribution >= 4 is 10.4 Å². The third kappa shape index (κ3) is 41.3. The van der Waals surface area contributed by atoms with Crippen LogP contribution in [0.1, 0.15) is 219 Å². The van der Waals surface area contributed by atoms with E-state index in [9.17, 15) is 13.0 Å². The van der Waals surface area contributed by atoms with Crippen LogP contribution in [0, 0.1) is 5.92 Å². The van der Waals surface area contributed by atoms with E-state index in [1.165, 1.54) is 186 Å². The molecule has 0 aliphatic heterocycles. The molecule has 0 fully saturated rings. The van der Waals surface area contributed by atoms with Crippen LogP contribution in [0.15, 0.2) is 12.2 Å². The van der Waals surface area contributed by atoms with Crippen LogP contribution < -0.4 is 51.4 Å². The van der Waals surface area contributed by atoms with E-state index in [0.29, 0.717) is 0 Å². The molecule has 258 valence electrons. The van der Waals surface area contributed by atoms with Gasteiger partial charge in [-0.25, -0.2) is 8.42 Å². The molecule has 0 rings (SSSR count). The first-order chi connectivity index (χ1) is 21.0. The maximum Gasteiger partial charge on any atom is 1.00 e. The van der Waals surface area contributed by atoms with E-state index < -0.39 is 10.4 Å². The second-order valence-electron chi connectivity index (χ2n) is 13.4. The third-order valence-corrected chi connectivity index (χ3v) is 9.41. The average molecular weight is 667 g/mol. The van der Waals surface area contributed by atoms with E-state index in [4.69, 9.17) is 0 Å². The van der Waals surface area contributed by atoms with Crippen LogP contribution >= 0.6 is 0 Å². The van der Waals surface area contributed by atoms with Crippen LogP contribution in [0.2, 0.25) is 0 Å². The van der Waals surface area contributed by atoms with Crippen LogP contribution in [0.3, 0.4) is 0 Å². The monoisotopic (exact) mass is 667 g/mol. The van der Waals surface area contributed by atoms with Crippen molar-refractivity contribution in [2.75, 3.05) is 6.61 Å². The predicted octanol–water partition coefficient (Wildman–Crippen LogP) is 10.2. The fraction of sp³-hybridized carbons (Fsp3) is 0.947. The molecule has 0 saturated heterocycles. The summed E-state index contributed by atoms with van der Waals surface area (Å²) < 4.78 is 37.5. The summed E-state index contributed by atoms with van der Waals surface area (Å²) in [5, 5.41) is 0. The Hall–Kier alpha value is 1.25. The first-order valence-electron chi connectivity index (χ1n) is 19.3. The molecule has 4 nitrogen and oxygen atoms in total. The summed E-state index contributed by atoms with van der Waals surface area (Å²) in [6.07, 6.45) is 46.8. The van der Waals surface area contributed by atoms with E-state index in [0.717, 1.165) is 19.3 Å². The minimum atomic E-state index is -4.62. The fourth-order valence-electron chi connectivity index (χ4n) is 6.11. The molecule has 0 heterocycles. The van der Waals surface area contributed by atoms with Gasteiger partial charge < -0.3 is 4.55 Å². The van der Waals surface area contributed by atoms with Gasteiger partial charge in [0.25, 0.3) is 0 Å². The van der Waals surface area contributed by atoms with Crippen LogP contribution in [-0.4, -0.2) is 19.6 Å². The minimum Gasteiger partial charge on any atom is -0.726 e. The third-order valence-electron chi connectivity index (χ3n) is 8.99. The van der Waals surface area contributed by atoms with Crippen LogP contribution in [0.25, 0.3) is 0 Å². The van der Waals surface area contributed by atoms with Crippen molar-refractivity contribution in [2.24, 2.45) is 5.92 Å². The molecule has 0 spiro atoms. The fourth-order valence-corrected chi connectivity index (χ4v) is 6.45. The SMILES string of the molecule is CCCCCCCCCCCCCCCCCCC/C=C/C(CCCCCCCCCCCCCCC)COS(=O)(=O)[O-].[K+]. The molecule has 44 heavy (non-hydrogen) atoms. The normalized spacial score (nSPS) is 12.6. The van der Waals surface area contributed by atoms with Gasteiger partial charge in [0.2, 0.25) is 10.4 Å². The molecule has 0 N–H and O–H groups in total. The Balaban J connectivity index is 0. The Morgan fingerprint density at radius 3 is 1.11 bits per heavy atom. The summed E-state index contributed by atoms with van der Waals surface area (Å²) in [4.78, 5) is 0. The van der Waals surface area contributed by atoms with Crippen molar-refractivity contribution in [3.05, 3.63) is 12.2 Å². The van der Waals surface area contributed by atoms with Gasteiger partial charge in [-0.3, -0.25) is 4.18 Å². The van der Waals surface area contributed by atoms with Gasteiger partial charge in [0, 0.05) is 5.92 Å². The van der Waals surface area contributed by atoms with Crippen molar-refractivity contribution in [3.8, 4) is 0 Å². The molecule has 6 heteroatoms. The Bertz CT molecular complexity index is 668. The van der Waals surface area contributed by atoms with Gasteiger partial charge in [-0.1, -0.05) is 212 Å². The molecular weight excluding hydrogens is 592 g/mol. The first-order valence-corrected chi connectivity index (χ1v) is 20.6. The van der Waals surface area contributed by atoms with Gasteiger partial charge in [-0.2, -0.15) is 0 Å². The van der Waals surface area contributed by atoms with E-state index in [-0.39, 0.29) is 63.9 Å². The molecule has 0 aromatic heterocycles. The smallest absolute Gasteiger partial charge is 0.726 e. The Kier molecular flexibility index (Phi) is 41.6. The van der Waals surface area contributed by atoms with Crippen LogP contribution in [-0.2, 0) is 14.6 Å². The number of hydrogen-bond acceptors (Lipinski definition) is 4. The molecule has 1 unspecified atom stereocenters. The van der Waals surface area contributed by atoms with Gasteiger partial charge >= 0.3 is 51.4 Å². The molecule has 0 aromatic carbocycles. The molecule has 0 aliphatic rings. The summed E-state index contributed by atoms with van der Waals surface area (Å²) in [6, 6.07) is 0. The summed E-state index contributed by atoms with van der Waals surface area (Å²) >= 11 is 0. The van der Waals surface area contributed by atoms with Crippen molar-refractivity contribution in [2.45, 2.75) is 219 Å². The van der Waals surface area contributed by atoms with E-state index in [2.05, 4.69) is 30.2 Å². The molecule has 0 bridgehead atoms. The average Bonchev–Trinajstić information content (AvgIpc) is 2.98. The maximum atomic E-state index is 11.0. The standard InChI is InChI=1S/C38H76O4S.K/c1-3-5-7-9-11-13-15-17-18-19-20-21-22-24-26-28-30-32-34-36-38(37-42-43(39,40)41)35-33-31-29-27-25-23-16-14-12-10-8-6-4-2;/h34,36,38H,3-33,35,37H2,1-2H3,(H,39,40,41);/q;+1/p-1/b36-34+;. The topological polar surface area (TPSA) is 66.4 Å². The maximum absolute atomic E-state index is 11.0. The van der Waals surface area contributed by atoms with Crippen molar-refractivity contribution in [1.29, 1.82) is 0 Å². The van der Waals surface area contributed by atoms with Crippen molar-refractivity contribution in [1.82, 2.24) is 0 Å². The minimum absolute atomic E-state index is 0. The molecule has 0 saturated carbocycles. The quantitative estimate of drug-likeness (QED) is 0.0219. The Morgan fingerprint density at radius 2 is 0.795 bits per heavy atom. The van der Waals surface area contributed by atoms with Gasteiger partial charge in [-0.05, 0) is 19.3 Å². The number of rotatable bonds is 36. The Labute approximate surface area is 319 Å². The number of hydrogen-bond donors (Lipinski definition) is 0. The second-order valence-corrected chi connectivity index (χ2v) is 14.4. The zero-order chi connectivity index (χ0) is 31.5. The summed E-state index contributed by atoms with van der Waals surface area (Å²) in [5.74, 6) is 0.0160. The van der Waals surface area contributed by atoms with Gasteiger partial charge in [0.1, 0.15) is 0 Å². The predicted molar refractivity (Wildman–Crippen MR) is 187 cm³/mol. The summed E-state index contributed by atoms with van der Waals surface area (Å²) in [5.41, 5.74) is 0. The summed E-state index contributed by atoms with van der Waals surface area (Å²) in [6.45, 7) is 4.54. The Morgan fingerprint density at radius 1 is 0.500 bits per heavy atom. The zero-order valence-corrected chi connectivity index (χ0v) is 34.0. The van der Waals surface area contributed by atoms with Crippen molar-refractivity contribution in [3.63, 3.8) is 0 Å². The van der Waals surface area contributed by atoms with Gasteiger partial charge in [-0.15, -0.1) is 0 Å². The second kappa shape index (κ2) is 38.7. The zero-order valence-electron chi connectivity index (χ0n) is 30.1. The van der Waals surface area contributed by atoms with E-state index in [1.54, 1.807) is 0 Å². The molecule has 0 aliphatic carbocycles. The molecule has 1 atom stereocenters. The van der Waals surface area contributed by atoms with Crippen LogP contribution in [0.4, 0.5) is 0 Å². The van der Waals surface area contributed by atoms with E-state index in [1.807, 2.05) is 0 Å². The molecular formula is C38H75KO4S. The van der Waals surface area contributed by atoms with Crippen LogP contribution in [0.5, 0.6) is 0 Å². The number of allylic oxidation sites excluding steroid dienone is 1. The summed E-state index contributed by atoms with van der Waals surface area (Å²) in [7, 11) is -4.62. The van der Waals surface area contributed by atoms with Gasteiger partial charge in [0.15, 0.2) is 0 Å². The molecule has 0 amide bonds. The largest absolute Gasteiger partial charge is 1.00 e. The van der Waals surface area contributed by atoms with Crippen molar-refractivity contribution < 1.29 is 68.5 Å². The number of unbranched alkanes of at least 4 members (excludes halogenated alkanes) is 29.